The van der Waals surface area contributed by atoms with Gasteiger partial charge in [-0.1, -0.05) is 13.8 Å². The van der Waals surface area contributed by atoms with Gasteiger partial charge >= 0.3 is 0 Å². The van der Waals surface area contributed by atoms with Crippen molar-refractivity contribution in [2.75, 3.05) is 26.8 Å². The Kier molecular flexibility index (Phi) is 7.64. The molecule has 0 amide bonds. The summed E-state index contributed by atoms with van der Waals surface area (Å²) in [7, 11) is 3.67. The normalized spacial score (nSPS) is 11.9. The van der Waals surface area contributed by atoms with Crippen LogP contribution < -0.4 is 10.6 Å². The SMILES string of the molecule is CN=C(NCCCOCC(C)C)NCc1nncn1C. The molecule has 0 aliphatic carbocycles. The van der Waals surface area contributed by atoms with Crippen LogP contribution >= 0.6 is 0 Å². The second-order valence-corrected chi connectivity index (χ2v) is 5.03. The number of aryl methyl sites for hydroxylation is 1. The second-order valence-electron chi connectivity index (χ2n) is 5.03. The molecule has 0 saturated carbocycles. The van der Waals surface area contributed by atoms with Crippen molar-refractivity contribution in [1.29, 1.82) is 0 Å². The van der Waals surface area contributed by atoms with Gasteiger partial charge in [0.25, 0.3) is 0 Å². The van der Waals surface area contributed by atoms with E-state index in [-0.39, 0.29) is 0 Å². The van der Waals surface area contributed by atoms with Crippen molar-refractivity contribution in [2.24, 2.45) is 18.0 Å². The first-order valence-electron chi connectivity index (χ1n) is 6.98. The van der Waals surface area contributed by atoms with Gasteiger partial charge in [-0.15, -0.1) is 10.2 Å². The fourth-order valence-corrected chi connectivity index (χ4v) is 1.55. The van der Waals surface area contributed by atoms with E-state index in [4.69, 9.17) is 4.74 Å². The van der Waals surface area contributed by atoms with E-state index < -0.39 is 0 Å². The first kappa shape index (κ1) is 16.4. The van der Waals surface area contributed by atoms with Crippen LogP contribution in [0.1, 0.15) is 26.1 Å². The molecule has 0 aliphatic heterocycles. The third-order valence-electron chi connectivity index (χ3n) is 2.65. The van der Waals surface area contributed by atoms with E-state index in [1.807, 2.05) is 11.6 Å². The third kappa shape index (κ3) is 6.51. The van der Waals surface area contributed by atoms with Gasteiger partial charge in [0.2, 0.25) is 0 Å². The van der Waals surface area contributed by atoms with Crippen molar-refractivity contribution in [3.05, 3.63) is 12.2 Å². The van der Waals surface area contributed by atoms with Crippen LogP contribution in [0.25, 0.3) is 0 Å². The van der Waals surface area contributed by atoms with E-state index in [0.717, 1.165) is 38.0 Å². The maximum Gasteiger partial charge on any atom is 0.191 e. The number of guanidine groups is 1. The molecule has 1 aromatic rings. The number of hydrogen-bond acceptors (Lipinski definition) is 4. The number of aliphatic imine (C=N–C) groups is 1. The predicted molar refractivity (Wildman–Crippen MR) is 79.5 cm³/mol. The first-order chi connectivity index (χ1) is 9.63. The maximum atomic E-state index is 5.52. The summed E-state index contributed by atoms with van der Waals surface area (Å²) in [6, 6.07) is 0. The van der Waals surface area contributed by atoms with Crippen molar-refractivity contribution in [2.45, 2.75) is 26.8 Å². The average Bonchev–Trinajstić information content (AvgIpc) is 2.82. The molecule has 2 N–H and O–H groups in total. The summed E-state index contributed by atoms with van der Waals surface area (Å²) < 4.78 is 7.40. The lowest BCUT2D eigenvalue weighted by atomic mass is 10.2. The van der Waals surface area contributed by atoms with E-state index >= 15 is 0 Å². The van der Waals surface area contributed by atoms with E-state index in [1.54, 1.807) is 13.4 Å². The molecule has 7 nitrogen and oxygen atoms in total. The van der Waals surface area contributed by atoms with Gasteiger partial charge in [0.05, 0.1) is 6.54 Å². The van der Waals surface area contributed by atoms with E-state index in [9.17, 15) is 0 Å². The van der Waals surface area contributed by atoms with Crippen molar-refractivity contribution in [3.63, 3.8) is 0 Å². The minimum absolute atomic E-state index is 0.587. The molecule has 1 heterocycles. The molecule has 0 unspecified atom stereocenters. The zero-order valence-electron chi connectivity index (χ0n) is 12.9. The average molecular weight is 282 g/mol. The molecular formula is C13H26N6O. The maximum absolute atomic E-state index is 5.52. The largest absolute Gasteiger partial charge is 0.381 e. The second kappa shape index (κ2) is 9.30. The zero-order chi connectivity index (χ0) is 14.8. The van der Waals surface area contributed by atoms with E-state index in [2.05, 4.69) is 39.7 Å². The summed E-state index contributed by atoms with van der Waals surface area (Å²) in [4.78, 5) is 4.16. The molecule has 0 aliphatic rings. The molecular weight excluding hydrogens is 256 g/mol. The summed E-state index contributed by atoms with van der Waals surface area (Å²) in [5.41, 5.74) is 0. The van der Waals surface area contributed by atoms with Gasteiger partial charge in [-0.2, -0.15) is 0 Å². The first-order valence-corrected chi connectivity index (χ1v) is 6.98. The molecule has 20 heavy (non-hydrogen) atoms. The van der Waals surface area contributed by atoms with Gasteiger partial charge in [0.15, 0.2) is 11.8 Å². The summed E-state index contributed by atoms with van der Waals surface area (Å²) in [6.07, 6.45) is 2.64. The fraction of sp³-hybridized carbons (Fsp3) is 0.769. The van der Waals surface area contributed by atoms with Gasteiger partial charge in [-0.05, 0) is 12.3 Å². The number of ether oxygens (including phenoxy) is 1. The monoisotopic (exact) mass is 282 g/mol. The molecule has 0 radical (unpaired) electrons. The van der Waals surface area contributed by atoms with Crippen LogP contribution in [0.4, 0.5) is 0 Å². The van der Waals surface area contributed by atoms with Crippen molar-refractivity contribution >= 4 is 5.96 Å². The molecule has 0 aromatic carbocycles. The van der Waals surface area contributed by atoms with Gasteiger partial charge in [0, 0.05) is 33.9 Å². The fourth-order valence-electron chi connectivity index (χ4n) is 1.55. The zero-order valence-corrected chi connectivity index (χ0v) is 12.9. The van der Waals surface area contributed by atoms with Crippen LogP contribution in [-0.2, 0) is 18.3 Å². The molecule has 0 atom stereocenters. The Morgan fingerprint density at radius 3 is 2.85 bits per heavy atom. The van der Waals surface area contributed by atoms with E-state index in [0.29, 0.717) is 12.5 Å². The minimum Gasteiger partial charge on any atom is -0.381 e. The Labute approximate surface area is 120 Å². The summed E-state index contributed by atoms with van der Waals surface area (Å²) in [5, 5.41) is 14.3. The molecule has 114 valence electrons. The van der Waals surface area contributed by atoms with Crippen LogP contribution in [0, 0.1) is 5.92 Å². The van der Waals surface area contributed by atoms with Gasteiger partial charge in [0.1, 0.15) is 6.33 Å². The topological polar surface area (TPSA) is 76.4 Å². The molecule has 1 aromatic heterocycles. The Balaban J connectivity index is 2.13. The quantitative estimate of drug-likeness (QED) is 0.413. The third-order valence-corrected chi connectivity index (χ3v) is 2.65. The number of rotatable bonds is 8. The van der Waals surface area contributed by atoms with Crippen molar-refractivity contribution < 1.29 is 4.74 Å². The molecule has 7 heteroatoms. The molecule has 1 rings (SSSR count). The highest BCUT2D eigenvalue weighted by atomic mass is 16.5. The molecule has 0 spiro atoms. The smallest absolute Gasteiger partial charge is 0.191 e. The van der Waals surface area contributed by atoms with Crippen LogP contribution in [0.3, 0.4) is 0 Å². The van der Waals surface area contributed by atoms with Gasteiger partial charge < -0.3 is 19.9 Å². The van der Waals surface area contributed by atoms with E-state index in [1.165, 1.54) is 0 Å². The Morgan fingerprint density at radius 2 is 2.25 bits per heavy atom. The molecule has 0 fully saturated rings. The van der Waals surface area contributed by atoms with Crippen LogP contribution in [0.15, 0.2) is 11.3 Å². The van der Waals surface area contributed by atoms with Gasteiger partial charge in [-0.25, -0.2) is 0 Å². The van der Waals surface area contributed by atoms with Crippen molar-refractivity contribution in [1.82, 2.24) is 25.4 Å². The predicted octanol–water partition coefficient (Wildman–Crippen LogP) is 0.543. The minimum atomic E-state index is 0.587. The molecule has 0 bridgehead atoms. The van der Waals surface area contributed by atoms with Gasteiger partial charge in [-0.3, -0.25) is 4.99 Å². The lowest BCUT2D eigenvalue weighted by molar-refractivity contribution is 0.108. The standard InChI is InChI=1S/C13H26N6O/c1-11(2)9-20-7-5-6-15-13(14-3)16-8-12-18-17-10-19(12)4/h10-11H,5-9H2,1-4H3,(H2,14,15,16). The lowest BCUT2D eigenvalue weighted by Gasteiger charge is -2.12. The van der Waals surface area contributed by atoms with Crippen LogP contribution in [0.2, 0.25) is 0 Å². The summed E-state index contributed by atoms with van der Waals surface area (Å²) in [6.45, 7) is 7.31. The number of nitrogens with one attached hydrogen (secondary N) is 2. The number of nitrogens with zero attached hydrogens (tertiary/aromatic N) is 4. The lowest BCUT2D eigenvalue weighted by Crippen LogP contribution is -2.38. The Bertz CT molecular complexity index is 401. The Hall–Kier alpha value is -1.63. The number of aromatic nitrogens is 3. The highest BCUT2D eigenvalue weighted by molar-refractivity contribution is 5.79. The summed E-state index contributed by atoms with van der Waals surface area (Å²) >= 11 is 0. The number of hydrogen-bond donors (Lipinski definition) is 2. The van der Waals surface area contributed by atoms with Crippen LogP contribution in [-0.4, -0.2) is 47.5 Å². The summed E-state index contributed by atoms with van der Waals surface area (Å²) in [5.74, 6) is 2.22. The Morgan fingerprint density at radius 1 is 1.45 bits per heavy atom. The molecule has 0 saturated heterocycles. The highest BCUT2D eigenvalue weighted by Gasteiger charge is 2.02. The van der Waals surface area contributed by atoms with Crippen molar-refractivity contribution in [3.8, 4) is 0 Å². The van der Waals surface area contributed by atoms with Crippen LogP contribution in [0.5, 0.6) is 0 Å². The highest BCUT2D eigenvalue weighted by Crippen LogP contribution is 1.93.